The Balaban J connectivity index is 1.90. The van der Waals surface area contributed by atoms with Gasteiger partial charge in [-0.15, -0.1) is 0 Å². The van der Waals surface area contributed by atoms with Gasteiger partial charge in [0.05, 0.1) is 5.56 Å². The number of carboxylic acid groups (broad SMARTS) is 1. The fourth-order valence-electron chi connectivity index (χ4n) is 1.81. The zero-order chi connectivity index (χ0) is 15.2. The van der Waals surface area contributed by atoms with E-state index in [0.29, 0.717) is 30.0 Å². The molecule has 1 aromatic heterocycles. The number of aromatic carboxylic acids is 1. The van der Waals surface area contributed by atoms with Crippen LogP contribution in [0.1, 0.15) is 21.7 Å². The van der Waals surface area contributed by atoms with Crippen LogP contribution >= 0.6 is 0 Å². The molecule has 21 heavy (non-hydrogen) atoms. The van der Waals surface area contributed by atoms with E-state index in [0.717, 1.165) is 0 Å². The molecule has 0 saturated heterocycles. The number of carboxylic acids is 1. The third-order valence-corrected chi connectivity index (χ3v) is 2.92. The molecule has 0 spiro atoms. The summed E-state index contributed by atoms with van der Waals surface area (Å²) in [7, 11) is 0. The Hall–Kier alpha value is -2.90. The highest BCUT2D eigenvalue weighted by Gasteiger charge is 2.11. The maximum atomic E-state index is 11.8. The lowest BCUT2D eigenvalue weighted by Gasteiger charge is -2.11. The van der Waals surface area contributed by atoms with Gasteiger partial charge in [-0.25, -0.2) is 14.6 Å². The Labute approximate surface area is 120 Å². The fourth-order valence-corrected chi connectivity index (χ4v) is 1.81. The number of rotatable bonds is 5. The van der Waals surface area contributed by atoms with Gasteiger partial charge in [-0.05, 0) is 24.6 Å². The SMILES string of the molecule is Cc1c(NC(=O)NCCc2ncn[nH]2)cccc1C(=O)O. The average molecular weight is 289 g/mol. The number of hydrogen-bond donors (Lipinski definition) is 4. The molecule has 0 radical (unpaired) electrons. The molecule has 0 bridgehead atoms. The normalized spacial score (nSPS) is 10.1. The molecular formula is C13H15N5O3. The van der Waals surface area contributed by atoms with Crippen molar-refractivity contribution in [3.8, 4) is 0 Å². The molecule has 0 saturated carbocycles. The molecule has 8 nitrogen and oxygen atoms in total. The number of carbonyl (C=O) groups excluding carboxylic acids is 1. The zero-order valence-electron chi connectivity index (χ0n) is 11.4. The van der Waals surface area contributed by atoms with Gasteiger partial charge in [0.25, 0.3) is 0 Å². The average Bonchev–Trinajstić information content (AvgIpc) is 2.94. The zero-order valence-corrected chi connectivity index (χ0v) is 11.4. The highest BCUT2D eigenvalue weighted by atomic mass is 16.4. The molecule has 2 aromatic rings. The second kappa shape index (κ2) is 6.51. The van der Waals surface area contributed by atoms with Gasteiger partial charge in [-0.3, -0.25) is 5.10 Å². The van der Waals surface area contributed by atoms with Crippen molar-refractivity contribution in [1.82, 2.24) is 20.5 Å². The number of aromatic amines is 1. The molecule has 8 heteroatoms. The minimum atomic E-state index is -1.03. The van der Waals surface area contributed by atoms with Gasteiger partial charge in [0, 0.05) is 18.7 Å². The molecule has 110 valence electrons. The van der Waals surface area contributed by atoms with Crippen LogP contribution in [0.25, 0.3) is 0 Å². The summed E-state index contributed by atoms with van der Waals surface area (Å²) < 4.78 is 0. The van der Waals surface area contributed by atoms with Gasteiger partial charge in [0.1, 0.15) is 12.2 Å². The van der Waals surface area contributed by atoms with Crippen molar-refractivity contribution >= 4 is 17.7 Å². The number of urea groups is 1. The van der Waals surface area contributed by atoms with E-state index in [2.05, 4.69) is 25.8 Å². The molecule has 1 heterocycles. The minimum absolute atomic E-state index is 0.162. The van der Waals surface area contributed by atoms with Crippen LogP contribution in [0.4, 0.5) is 10.5 Å². The summed E-state index contributed by atoms with van der Waals surface area (Å²) in [5, 5.41) is 20.7. The standard InChI is InChI=1S/C13H15N5O3/c1-8-9(12(19)20)3-2-4-10(8)17-13(21)14-6-5-11-15-7-16-18-11/h2-4,7H,5-6H2,1H3,(H,19,20)(H2,14,17,21)(H,15,16,18). The Morgan fingerprint density at radius 1 is 1.38 bits per heavy atom. The van der Waals surface area contributed by atoms with Crippen LogP contribution in [0.5, 0.6) is 0 Å². The Morgan fingerprint density at radius 2 is 2.19 bits per heavy atom. The number of amides is 2. The molecular weight excluding hydrogens is 274 g/mol. The van der Waals surface area contributed by atoms with Gasteiger partial charge in [0.15, 0.2) is 0 Å². The van der Waals surface area contributed by atoms with Crippen LogP contribution in [0.2, 0.25) is 0 Å². The summed E-state index contributed by atoms with van der Waals surface area (Å²) in [6.07, 6.45) is 1.93. The minimum Gasteiger partial charge on any atom is -0.478 e. The molecule has 0 aliphatic heterocycles. The van der Waals surface area contributed by atoms with Crippen molar-refractivity contribution in [1.29, 1.82) is 0 Å². The molecule has 1 aromatic carbocycles. The summed E-state index contributed by atoms with van der Waals surface area (Å²) in [4.78, 5) is 26.7. The van der Waals surface area contributed by atoms with E-state index >= 15 is 0 Å². The number of H-pyrrole nitrogens is 1. The quantitative estimate of drug-likeness (QED) is 0.658. The predicted molar refractivity (Wildman–Crippen MR) is 75.2 cm³/mol. The number of nitrogens with zero attached hydrogens (tertiary/aromatic N) is 2. The van der Waals surface area contributed by atoms with Gasteiger partial charge in [-0.1, -0.05) is 6.07 Å². The van der Waals surface area contributed by atoms with Crippen LogP contribution in [0.15, 0.2) is 24.5 Å². The molecule has 0 fully saturated rings. The molecule has 2 rings (SSSR count). The molecule has 0 aliphatic carbocycles. The number of nitrogens with one attached hydrogen (secondary N) is 3. The topological polar surface area (TPSA) is 120 Å². The Kier molecular flexibility index (Phi) is 4.50. The monoisotopic (exact) mass is 289 g/mol. The largest absolute Gasteiger partial charge is 0.478 e. The predicted octanol–water partition coefficient (Wildman–Crippen LogP) is 1.18. The van der Waals surface area contributed by atoms with Crippen molar-refractivity contribution < 1.29 is 14.7 Å². The van der Waals surface area contributed by atoms with Crippen molar-refractivity contribution in [2.45, 2.75) is 13.3 Å². The first-order valence-corrected chi connectivity index (χ1v) is 6.30. The molecule has 0 aliphatic rings. The van der Waals surface area contributed by atoms with E-state index in [1.165, 1.54) is 12.4 Å². The van der Waals surface area contributed by atoms with Crippen LogP contribution < -0.4 is 10.6 Å². The van der Waals surface area contributed by atoms with E-state index in [9.17, 15) is 9.59 Å². The van der Waals surface area contributed by atoms with E-state index in [1.54, 1.807) is 19.1 Å². The number of carbonyl (C=O) groups is 2. The first kappa shape index (κ1) is 14.5. The van der Waals surface area contributed by atoms with Crippen molar-refractivity contribution in [3.63, 3.8) is 0 Å². The van der Waals surface area contributed by atoms with Crippen molar-refractivity contribution in [2.75, 3.05) is 11.9 Å². The molecule has 2 amide bonds. The van der Waals surface area contributed by atoms with Gasteiger partial charge >= 0.3 is 12.0 Å². The molecule has 0 unspecified atom stereocenters. The molecule has 4 N–H and O–H groups in total. The number of aromatic nitrogens is 3. The van der Waals surface area contributed by atoms with E-state index < -0.39 is 12.0 Å². The number of hydrogen-bond acceptors (Lipinski definition) is 4. The maximum absolute atomic E-state index is 11.8. The first-order chi connectivity index (χ1) is 10.1. The third kappa shape index (κ3) is 3.78. The Bertz CT molecular complexity index is 639. The summed E-state index contributed by atoms with van der Waals surface area (Å²) in [6, 6.07) is 4.32. The smallest absolute Gasteiger partial charge is 0.336 e. The summed E-state index contributed by atoms with van der Waals surface area (Å²) in [6.45, 7) is 2.03. The lowest BCUT2D eigenvalue weighted by Crippen LogP contribution is -2.31. The summed E-state index contributed by atoms with van der Waals surface area (Å²) >= 11 is 0. The molecule has 0 atom stereocenters. The fraction of sp³-hybridized carbons (Fsp3) is 0.231. The van der Waals surface area contributed by atoms with Gasteiger partial charge in [-0.2, -0.15) is 5.10 Å². The van der Waals surface area contributed by atoms with Gasteiger partial charge < -0.3 is 15.7 Å². The van der Waals surface area contributed by atoms with Gasteiger partial charge in [0.2, 0.25) is 0 Å². The Morgan fingerprint density at radius 3 is 2.86 bits per heavy atom. The first-order valence-electron chi connectivity index (χ1n) is 6.30. The van der Waals surface area contributed by atoms with Crippen LogP contribution in [-0.2, 0) is 6.42 Å². The number of benzene rings is 1. The second-order valence-electron chi connectivity index (χ2n) is 4.35. The summed E-state index contributed by atoms with van der Waals surface area (Å²) in [5.41, 5.74) is 1.14. The van der Waals surface area contributed by atoms with Crippen LogP contribution in [0.3, 0.4) is 0 Å². The lowest BCUT2D eigenvalue weighted by molar-refractivity contribution is 0.0696. The van der Waals surface area contributed by atoms with Crippen LogP contribution in [0, 0.1) is 6.92 Å². The van der Waals surface area contributed by atoms with E-state index in [4.69, 9.17) is 5.11 Å². The van der Waals surface area contributed by atoms with E-state index in [1.807, 2.05) is 0 Å². The third-order valence-electron chi connectivity index (χ3n) is 2.92. The lowest BCUT2D eigenvalue weighted by atomic mass is 10.1. The van der Waals surface area contributed by atoms with Crippen LogP contribution in [-0.4, -0.2) is 38.8 Å². The number of anilines is 1. The highest BCUT2D eigenvalue weighted by molar-refractivity contribution is 5.95. The maximum Gasteiger partial charge on any atom is 0.336 e. The summed E-state index contributed by atoms with van der Waals surface area (Å²) in [5.74, 6) is -0.346. The van der Waals surface area contributed by atoms with Crippen molar-refractivity contribution in [2.24, 2.45) is 0 Å². The van der Waals surface area contributed by atoms with Crippen molar-refractivity contribution in [3.05, 3.63) is 41.5 Å². The van der Waals surface area contributed by atoms with E-state index in [-0.39, 0.29) is 5.56 Å². The highest BCUT2D eigenvalue weighted by Crippen LogP contribution is 2.18. The second-order valence-corrected chi connectivity index (χ2v) is 4.35.